The highest BCUT2D eigenvalue weighted by molar-refractivity contribution is 5.91. The molecule has 9 N–H and O–H groups in total. The third-order valence-electron chi connectivity index (χ3n) is 8.25. The monoisotopic (exact) mass is 1050 g/mol. The second-order valence-corrected chi connectivity index (χ2v) is 14.0. The molecule has 0 radical (unpaired) electrons. The highest BCUT2D eigenvalue weighted by atomic mass is 16.7. The second-order valence-electron chi connectivity index (χ2n) is 14.0. The SMILES string of the molecule is O=C(O)CC1(O)CC(=O)OCOC(=O)CC(O)(C(=O)O)CC(=O)OCOC(=O)CC(O)C(=O)OCOC(=O)CC(O)C(=O)OCOC(=O)CC(O)(C(=O)O)CC(=O)OCOC(=O)CC(O)C(=O)OCOC1=O. The number of carboxylic acid groups (broad SMARTS) is 3. The van der Waals surface area contributed by atoms with Crippen molar-refractivity contribution in [2.75, 3.05) is 40.8 Å². The molecule has 36 heteroatoms. The molecule has 6 unspecified atom stereocenters. The lowest BCUT2D eigenvalue weighted by Gasteiger charge is -2.23. The number of carbonyl (C=O) groups is 15. The van der Waals surface area contributed by atoms with Crippen molar-refractivity contribution in [3.05, 3.63) is 0 Å². The highest BCUT2D eigenvalue weighted by Crippen LogP contribution is 2.22. The van der Waals surface area contributed by atoms with Crippen molar-refractivity contribution >= 4 is 89.5 Å². The second kappa shape index (κ2) is 29.1. The van der Waals surface area contributed by atoms with E-state index in [0.29, 0.717) is 0 Å². The van der Waals surface area contributed by atoms with Crippen LogP contribution in [0.1, 0.15) is 57.8 Å². The number of aliphatic carboxylic acids is 3. The van der Waals surface area contributed by atoms with Crippen molar-refractivity contribution in [2.45, 2.75) is 92.9 Å². The van der Waals surface area contributed by atoms with Crippen LogP contribution in [0.3, 0.4) is 0 Å². The molecule has 1 fully saturated rings. The van der Waals surface area contributed by atoms with E-state index >= 15 is 0 Å². The van der Waals surface area contributed by atoms with Gasteiger partial charge in [-0.05, 0) is 0 Å². The lowest BCUT2D eigenvalue weighted by molar-refractivity contribution is -0.194. The lowest BCUT2D eigenvalue weighted by Crippen LogP contribution is -2.45. The summed E-state index contributed by atoms with van der Waals surface area (Å²) in [6, 6.07) is 0. The van der Waals surface area contributed by atoms with Gasteiger partial charge in [0.05, 0.1) is 57.8 Å². The lowest BCUT2D eigenvalue weighted by atomic mass is 9.96. The molecule has 402 valence electrons. The Labute approximate surface area is 397 Å². The Bertz CT molecular complexity index is 2080. The minimum Gasteiger partial charge on any atom is -0.481 e. The summed E-state index contributed by atoms with van der Waals surface area (Å²) in [7, 11) is 0. The van der Waals surface area contributed by atoms with E-state index in [1.165, 1.54) is 0 Å². The molecule has 0 aromatic rings. The average Bonchev–Trinajstić information content (AvgIpc) is 3.24. The molecule has 1 aliphatic rings. The smallest absolute Gasteiger partial charge is 0.342 e. The van der Waals surface area contributed by atoms with Gasteiger partial charge >= 0.3 is 89.5 Å². The summed E-state index contributed by atoms with van der Waals surface area (Å²) in [5, 5.41) is 88.8. The molecular weight excluding hydrogens is 1010 g/mol. The van der Waals surface area contributed by atoms with Crippen molar-refractivity contribution in [1.29, 1.82) is 0 Å². The van der Waals surface area contributed by atoms with Crippen LogP contribution < -0.4 is 0 Å². The molecule has 0 amide bonds. The number of hydrogen-bond acceptors (Lipinski definition) is 33. The molecule has 0 spiro atoms. The van der Waals surface area contributed by atoms with Crippen LogP contribution in [0.2, 0.25) is 0 Å². The third-order valence-corrected chi connectivity index (χ3v) is 8.25. The zero-order valence-corrected chi connectivity index (χ0v) is 36.4. The van der Waals surface area contributed by atoms with Crippen LogP contribution in [0.15, 0.2) is 0 Å². The summed E-state index contributed by atoms with van der Waals surface area (Å²) < 4.78 is 52.7. The fraction of sp³-hybridized carbons (Fsp3) is 0.583. The number of carbonyl (C=O) groups excluding carboxylic acids is 12. The molecule has 1 aliphatic heterocycles. The fourth-order valence-electron chi connectivity index (χ4n) is 4.59. The number of ether oxygens (including phenoxy) is 12. The van der Waals surface area contributed by atoms with Gasteiger partial charge in [0, 0.05) is 0 Å². The van der Waals surface area contributed by atoms with Gasteiger partial charge in [-0.3, -0.25) is 43.2 Å². The first-order chi connectivity index (χ1) is 33.4. The predicted molar refractivity (Wildman–Crippen MR) is 200 cm³/mol. The predicted octanol–water partition coefficient (Wildman–Crippen LogP) is -7.70. The molecule has 1 rings (SSSR count). The van der Waals surface area contributed by atoms with Gasteiger partial charge in [-0.1, -0.05) is 0 Å². The Balaban J connectivity index is 3.10. The molecule has 6 atom stereocenters. The zero-order chi connectivity index (χ0) is 55.0. The molecule has 0 aliphatic carbocycles. The molecular formula is C36H42O36. The van der Waals surface area contributed by atoms with Gasteiger partial charge in [0.2, 0.25) is 40.8 Å². The topological polar surface area (TPSA) is 549 Å². The van der Waals surface area contributed by atoms with E-state index < -0.39 is 223 Å². The van der Waals surface area contributed by atoms with Gasteiger partial charge in [0.1, 0.15) is 0 Å². The molecule has 36 nitrogen and oxygen atoms in total. The highest BCUT2D eigenvalue weighted by Gasteiger charge is 2.45. The summed E-state index contributed by atoms with van der Waals surface area (Å²) in [6.07, 6.45) is -20.4. The van der Waals surface area contributed by atoms with E-state index in [4.69, 9.17) is 5.11 Å². The largest absolute Gasteiger partial charge is 0.481 e. The maximum atomic E-state index is 12.5. The summed E-state index contributed by atoms with van der Waals surface area (Å²) >= 11 is 0. The molecule has 1 heterocycles. The standard InChI is InChI=1S/C36H42O36/c37-16-1-20(42)61-10-64-23(45)5-34(58,31(53)54)7-25(47)66-12-67-27(49)9-36(60,4-19(40)41)33(57)72-15-71-30(52)18(39)2-21(43)62-11-65-24(46)6-35(59,32(55)56)8-26(48)68-14-70-29(51)17(38)3-22(44)63-13-69-28(16)50/h16-18,37-39,58-60H,1-15H2,(H,40,41)(H,53,54)(H,55,56). The minimum absolute atomic E-state index is 1.23. The van der Waals surface area contributed by atoms with Crippen LogP contribution in [0.4, 0.5) is 0 Å². The van der Waals surface area contributed by atoms with Gasteiger partial charge < -0.3 is 103 Å². The van der Waals surface area contributed by atoms with E-state index in [0.717, 1.165) is 0 Å². The van der Waals surface area contributed by atoms with E-state index in [2.05, 4.69) is 56.8 Å². The van der Waals surface area contributed by atoms with Gasteiger partial charge in [0.25, 0.3) is 0 Å². The van der Waals surface area contributed by atoms with Crippen molar-refractivity contribution in [3.63, 3.8) is 0 Å². The summed E-state index contributed by atoms with van der Waals surface area (Å²) in [5.74, 6) is -26.5. The third kappa shape index (κ3) is 22.9. The van der Waals surface area contributed by atoms with Crippen LogP contribution in [0, 0.1) is 0 Å². The normalized spacial score (nSPS) is 27.5. The van der Waals surface area contributed by atoms with Gasteiger partial charge in [-0.2, -0.15) is 0 Å². The Morgan fingerprint density at radius 2 is 0.611 bits per heavy atom. The van der Waals surface area contributed by atoms with Crippen molar-refractivity contribution in [3.8, 4) is 0 Å². The van der Waals surface area contributed by atoms with Crippen LogP contribution >= 0.6 is 0 Å². The van der Waals surface area contributed by atoms with Crippen LogP contribution in [0.5, 0.6) is 0 Å². The Morgan fingerprint density at radius 3 is 0.875 bits per heavy atom. The van der Waals surface area contributed by atoms with Crippen LogP contribution in [-0.4, -0.2) is 211 Å². The summed E-state index contributed by atoms with van der Waals surface area (Å²) in [4.78, 5) is 180. The molecule has 0 aromatic heterocycles. The number of esters is 12. The number of hydrogen-bond donors (Lipinski definition) is 9. The minimum atomic E-state index is -3.34. The number of cyclic esters (lactones) is 12. The average molecular weight is 1050 g/mol. The molecule has 72 heavy (non-hydrogen) atoms. The zero-order valence-electron chi connectivity index (χ0n) is 36.4. The Morgan fingerprint density at radius 1 is 0.375 bits per heavy atom. The van der Waals surface area contributed by atoms with Crippen molar-refractivity contribution in [1.82, 2.24) is 0 Å². The fourth-order valence-corrected chi connectivity index (χ4v) is 4.59. The summed E-state index contributed by atoms with van der Waals surface area (Å²) in [6.45, 7) is -8.48. The Hall–Kier alpha value is -8.19. The molecule has 0 aromatic carbocycles. The first-order valence-electron chi connectivity index (χ1n) is 19.2. The Kier molecular flexibility index (Phi) is 25.0. The molecule has 0 bridgehead atoms. The van der Waals surface area contributed by atoms with Crippen LogP contribution in [0.25, 0.3) is 0 Å². The molecule has 0 saturated carbocycles. The number of carboxylic acids is 3. The van der Waals surface area contributed by atoms with Crippen molar-refractivity contribution < 1.29 is 175 Å². The van der Waals surface area contributed by atoms with Gasteiger partial charge in [0.15, 0.2) is 35.1 Å². The van der Waals surface area contributed by atoms with Crippen LogP contribution in [-0.2, 0) is 129 Å². The maximum Gasteiger partial charge on any atom is 0.342 e. The van der Waals surface area contributed by atoms with E-state index in [9.17, 15) is 113 Å². The van der Waals surface area contributed by atoms with E-state index in [1.807, 2.05) is 0 Å². The van der Waals surface area contributed by atoms with Gasteiger partial charge in [-0.15, -0.1) is 0 Å². The number of aliphatic hydroxyl groups is 6. The number of rotatable bonds is 4. The quantitative estimate of drug-likeness (QED) is 0.0933. The number of aliphatic hydroxyl groups excluding tert-OH is 3. The van der Waals surface area contributed by atoms with Gasteiger partial charge in [-0.25, -0.2) is 28.8 Å². The molecule has 1 saturated heterocycles. The summed E-state index contributed by atoms with van der Waals surface area (Å²) in [5.41, 5.74) is -9.97. The van der Waals surface area contributed by atoms with Crippen molar-refractivity contribution in [2.24, 2.45) is 0 Å². The van der Waals surface area contributed by atoms with E-state index in [-0.39, 0.29) is 0 Å². The first kappa shape index (κ1) is 61.8. The first-order valence-corrected chi connectivity index (χ1v) is 19.2. The maximum absolute atomic E-state index is 12.5. The van der Waals surface area contributed by atoms with E-state index in [1.54, 1.807) is 0 Å².